The highest BCUT2D eigenvalue weighted by atomic mass is 32.2. The number of hydrogen-bond donors (Lipinski definition) is 0. The Balaban J connectivity index is 1.79. The second-order valence-electron chi connectivity index (χ2n) is 6.59. The lowest BCUT2D eigenvalue weighted by Crippen LogP contribution is -2.21. The van der Waals surface area contributed by atoms with Crippen molar-refractivity contribution in [3.05, 3.63) is 34.7 Å². The van der Waals surface area contributed by atoms with E-state index in [1.54, 1.807) is 12.1 Å². The van der Waals surface area contributed by atoms with Crippen LogP contribution < -0.4 is 0 Å². The Bertz CT molecular complexity index is 703. The van der Waals surface area contributed by atoms with Crippen molar-refractivity contribution in [2.75, 3.05) is 13.2 Å². The van der Waals surface area contributed by atoms with Gasteiger partial charge in [-0.15, -0.1) is 4.91 Å². The maximum Gasteiger partial charge on any atom is 0.293 e. The summed E-state index contributed by atoms with van der Waals surface area (Å²) >= 11 is 0. The number of nitrogens with zero attached hydrogens (tertiary/aromatic N) is 1. The molecule has 1 unspecified atom stereocenters. The van der Waals surface area contributed by atoms with Crippen LogP contribution in [0.15, 0.2) is 34.3 Å². The lowest BCUT2D eigenvalue weighted by Gasteiger charge is -2.25. The molecule has 1 saturated carbocycles. The molecule has 3 rings (SSSR count). The summed E-state index contributed by atoms with van der Waals surface area (Å²) in [5, 5.41) is 2.34. The molecule has 0 spiro atoms. The van der Waals surface area contributed by atoms with E-state index < -0.39 is 21.7 Å². The van der Waals surface area contributed by atoms with E-state index in [9.17, 15) is 18.1 Å². The van der Waals surface area contributed by atoms with Gasteiger partial charge in [0.05, 0.1) is 16.1 Å². The summed E-state index contributed by atoms with van der Waals surface area (Å²) in [5.74, 6) is -0.994. The quantitative estimate of drug-likeness (QED) is 0.735. The van der Waals surface area contributed by atoms with Crippen molar-refractivity contribution < 1.29 is 17.9 Å². The molecule has 0 radical (unpaired) electrons. The van der Waals surface area contributed by atoms with Gasteiger partial charge in [0, 0.05) is 18.4 Å². The molecule has 1 aromatic carbocycles. The minimum atomic E-state index is -3.25. The van der Waals surface area contributed by atoms with Crippen LogP contribution in [-0.4, -0.2) is 32.8 Å². The predicted octanol–water partition coefficient (Wildman–Crippen LogP) is 2.82. The third kappa shape index (κ3) is 3.72. The molecule has 6 nitrogen and oxygen atoms in total. The molecule has 1 atom stereocenters. The Kier molecular flexibility index (Phi) is 5.10. The van der Waals surface area contributed by atoms with Crippen molar-refractivity contribution in [3.8, 4) is 0 Å². The number of benzene rings is 1. The molecular formula is C17H21NO5S. The first kappa shape index (κ1) is 17.2. The normalized spacial score (nSPS) is 20.5. The Labute approximate surface area is 141 Å². The highest BCUT2D eigenvalue weighted by molar-refractivity contribution is 7.92. The fraction of sp³-hybridized carbons (Fsp3) is 0.588. The Morgan fingerprint density at radius 1 is 1.12 bits per heavy atom. The zero-order valence-electron chi connectivity index (χ0n) is 13.4. The molecule has 1 heterocycles. The maximum absolute atomic E-state index is 12.2. The highest BCUT2D eigenvalue weighted by Crippen LogP contribution is 2.35. The monoisotopic (exact) mass is 351 g/mol. The number of nitroso groups, excluding NO2 is 1. The van der Waals surface area contributed by atoms with Gasteiger partial charge in [0.25, 0.3) is 5.91 Å². The highest BCUT2D eigenvalue weighted by Gasteiger charge is 2.37. The van der Waals surface area contributed by atoms with Gasteiger partial charge in [-0.1, -0.05) is 12.1 Å². The summed E-state index contributed by atoms with van der Waals surface area (Å²) in [6.07, 6.45) is 3.68. The van der Waals surface area contributed by atoms with E-state index in [0.717, 1.165) is 12.8 Å². The molecule has 1 saturated heterocycles. The molecule has 24 heavy (non-hydrogen) atoms. The fourth-order valence-electron chi connectivity index (χ4n) is 3.22. The average molecular weight is 351 g/mol. The zero-order chi connectivity index (χ0) is 17.2. The standard InChI is InChI=1S/C17H21NO5S/c19-17(18-20)16(11-12-7-9-23-10-8-12)13-1-3-14(4-2-13)24(21,22)15-5-6-15/h1-4,12,15-16H,5-11H2. The number of ether oxygens (including phenoxy) is 1. The van der Waals surface area contributed by atoms with Gasteiger partial charge < -0.3 is 4.74 Å². The summed E-state index contributed by atoms with van der Waals surface area (Å²) in [6, 6.07) is 6.36. The van der Waals surface area contributed by atoms with Gasteiger partial charge in [-0.25, -0.2) is 8.42 Å². The van der Waals surface area contributed by atoms with Gasteiger partial charge in [0.1, 0.15) is 0 Å². The molecule has 0 N–H and O–H groups in total. The third-order valence-corrected chi connectivity index (χ3v) is 7.15. The molecule has 1 amide bonds. The van der Waals surface area contributed by atoms with E-state index in [4.69, 9.17) is 4.74 Å². The molecule has 1 aliphatic heterocycles. The predicted molar refractivity (Wildman–Crippen MR) is 88.4 cm³/mol. The molecule has 2 fully saturated rings. The lowest BCUT2D eigenvalue weighted by atomic mass is 9.84. The Morgan fingerprint density at radius 3 is 2.29 bits per heavy atom. The minimum Gasteiger partial charge on any atom is -0.381 e. The molecule has 1 aliphatic carbocycles. The Hall–Kier alpha value is -1.60. The van der Waals surface area contributed by atoms with E-state index >= 15 is 0 Å². The first-order valence-corrected chi connectivity index (χ1v) is 9.86. The van der Waals surface area contributed by atoms with E-state index in [-0.39, 0.29) is 10.1 Å². The van der Waals surface area contributed by atoms with Gasteiger partial charge in [-0.3, -0.25) is 4.79 Å². The van der Waals surface area contributed by atoms with Crippen molar-refractivity contribution in [1.29, 1.82) is 0 Å². The minimum absolute atomic E-state index is 0.264. The van der Waals surface area contributed by atoms with E-state index in [1.165, 1.54) is 12.1 Å². The van der Waals surface area contributed by atoms with Gasteiger partial charge in [0.2, 0.25) is 0 Å². The van der Waals surface area contributed by atoms with Gasteiger partial charge >= 0.3 is 0 Å². The fourth-order valence-corrected chi connectivity index (χ4v) is 4.88. The number of hydrogen-bond acceptors (Lipinski definition) is 5. The van der Waals surface area contributed by atoms with Crippen LogP contribution in [0.1, 0.15) is 43.6 Å². The average Bonchev–Trinajstić information content (AvgIpc) is 3.46. The van der Waals surface area contributed by atoms with Crippen LogP contribution in [0.25, 0.3) is 0 Å². The molecular weight excluding hydrogens is 330 g/mol. The van der Waals surface area contributed by atoms with Crippen LogP contribution >= 0.6 is 0 Å². The number of amides is 1. The summed E-state index contributed by atoms with van der Waals surface area (Å²) in [7, 11) is -3.25. The summed E-state index contributed by atoms with van der Waals surface area (Å²) in [4.78, 5) is 23.0. The van der Waals surface area contributed by atoms with Crippen LogP contribution in [0, 0.1) is 10.8 Å². The summed E-state index contributed by atoms with van der Waals surface area (Å²) < 4.78 is 29.8. The smallest absolute Gasteiger partial charge is 0.293 e. The summed E-state index contributed by atoms with van der Waals surface area (Å²) in [5.41, 5.74) is 0.654. The van der Waals surface area contributed by atoms with Crippen LogP contribution in [-0.2, 0) is 19.4 Å². The van der Waals surface area contributed by atoms with Gasteiger partial charge in [0.15, 0.2) is 9.84 Å². The molecule has 1 aromatic rings. The molecule has 130 valence electrons. The van der Waals surface area contributed by atoms with Crippen molar-refractivity contribution >= 4 is 15.7 Å². The first-order valence-electron chi connectivity index (χ1n) is 8.31. The van der Waals surface area contributed by atoms with E-state index in [1.807, 2.05) is 0 Å². The van der Waals surface area contributed by atoms with Crippen molar-refractivity contribution in [2.24, 2.45) is 11.1 Å². The van der Waals surface area contributed by atoms with Crippen LogP contribution in [0.3, 0.4) is 0 Å². The van der Waals surface area contributed by atoms with E-state index in [0.29, 0.717) is 44.0 Å². The number of rotatable bonds is 6. The lowest BCUT2D eigenvalue weighted by molar-refractivity contribution is -0.120. The molecule has 7 heteroatoms. The van der Waals surface area contributed by atoms with Crippen LogP contribution in [0.4, 0.5) is 0 Å². The van der Waals surface area contributed by atoms with Crippen LogP contribution in [0.5, 0.6) is 0 Å². The number of carbonyl (C=O) groups is 1. The third-order valence-electron chi connectivity index (χ3n) is 4.87. The zero-order valence-corrected chi connectivity index (χ0v) is 14.2. The van der Waals surface area contributed by atoms with E-state index in [2.05, 4.69) is 5.18 Å². The first-order chi connectivity index (χ1) is 11.5. The Morgan fingerprint density at radius 2 is 1.75 bits per heavy atom. The molecule has 2 aliphatic rings. The second-order valence-corrected chi connectivity index (χ2v) is 8.82. The van der Waals surface area contributed by atoms with Crippen molar-refractivity contribution in [1.82, 2.24) is 0 Å². The largest absolute Gasteiger partial charge is 0.381 e. The maximum atomic E-state index is 12.2. The topological polar surface area (TPSA) is 89.9 Å². The number of carbonyl (C=O) groups excluding carboxylic acids is 1. The van der Waals surface area contributed by atoms with Gasteiger partial charge in [-0.05, 0) is 55.7 Å². The summed E-state index contributed by atoms with van der Waals surface area (Å²) in [6.45, 7) is 1.33. The SMILES string of the molecule is O=NC(=O)C(CC1CCOCC1)c1ccc(S(=O)(=O)C2CC2)cc1. The number of sulfone groups is 1. The van der Waals surface area contributed by atoms with Crippen molar-refractivity contribution in [3.63, 3.8) is 0 Å². The molecule has 0 bridgehead atoms. The van der Waals surface area contributed by atoms with Crippen molar-refractivity contribution in [2.45, 2.75) is 48.2 Å². The van der Waals surface area contributed by atoms with Gasteiger partial charge in [-0.2, -0.15) is 0 Å². The second kappa shape index (κ2) is 7.11. The van der Waals surface area contributed by atoms with Crippen LogP contribution in [0.2, 0.25) is 0 Å². The molecule has 0 aromatic heterocycles.